The van der Waals surface area contributed by atoms with Gasteiger partial charge in [-0.1, -0.05) is 24.3 Å². The number of carbonyl (C=O) groups is 1. The van der Waals surface area contributed by atoms with Crippen molar-refractivity contribution in [1.29, 1.82) is 0 Å². The molecule has 0 aliphatic heterocycles. The number of aliphatic carboxylic acids is 1. The quantitative estimate of drug-likeness (QED) is 0.606. The zero-order chi connectivity index (χ0) is 8.27. The van der Waals surface area contributed by atoms with Gasteiger partial charge in [0.2, 0.25) is 0 Å². The molecular weight excluding hydrogens is 140 g/mol. The molecule has 0 amide bonds. The van der Waals surface area contributed by atoms with E-state index in [2.05, 4.69) is 0 Å². The first kappa shape index (κ1) is 7.79. The van der Waals surface area contributed by atoms with Crippen molar-refractivity contribution >= 4 is 5.97 Å². The number of carboxylic acids is 1. The van der Waals surface area contributed by atoms with Crippen molar-refractivity contribution in [2.45, 2.75) is 13.3 Å². The number of carbonyl (C=O) groups excluding carboxylic acids is 1. The van der Waals surface area contributed by atoms with Gasteiger partial charge in [-0.25, -0.2) is 0 Å². The second-order valence-corrected chi connectivity index (χ2v) is 2.48. The number of hydrogen-bond acceptors (Lipinski definition) is 2. The van der Waals surface area contributed by atoms with Gasteiger partial charge in [-0.3, -0.25) is 0 Å². The summed E-state index contributed by atoms with van der Waals surface area (Å²) in [4.78, 5) is 10.2. The first-order valence-electron chi connectivity index (χ1n) is 3.44. The second-order valence-electron chi connectivity index (χ2n) is 2.48. The lowest BCUT2D eigenvalue weighted by Gasteiger charge is -2.04. The van der Waals surface area contributed by atoms with Gasteiger partial charge in [-0.05, 0) is 18.1 Å². The van der Waals surface area contributed by atoms with Gasteiger partial charge in [0.1, 0.15) is 0 Å². The van der Waals surface area contributed by atoms with Crippen molar-refractivity contribution in [3.05, 3.63) is 35.4 Å². The number of rotatable bonds is 2. The third-order valence-electron chi connectivity index (χ3n) is 1.60. The number of aryl methyl sites for hydroxylation is 1. The molecule has 0 fully saturated rings. The number of carboxylic acid groups (broad SMARTS) is 1. The van der Waals surface area contributed by atoms with Crippen molar-refractivity contribution in [2.75, 3.05) is 0 Å². The smallest absolute Gasteiger partial charge is 0.0458 e. The molecule has 0 saturated heterocycles. The minimum atomic E-state index is -1.03. The lowest BCUT2D eigenvalue weighted by atomic mass is 10.1. The summed E-state index contributed by atoms with van der Waals surface area (Å²) in [5, 5.41) is 10.2. The maximum Gasteiger partial charge on any atom is 0.0458 e. The Morgan fingerprint density at radius 1 is 1.45 bits per heavy atom. The van der Waals surface area contributed by atoms with E-state index in [9.17, 15) is 9.90 Å². The van der Waals surface area contributed by atoms with Crippen LogP contribution in [0.15, 0.2) is 24.3 Å². The minimum absolute atomic E-state index is 0.00662. The van der Waals surface area contributed by atoms with Crippen LogP contribution in [0.5, 0.6) is 0 Å². The van der Waals surface area contributed by atoms with E-state index in [0.29, 0.717) is 0 Å². The van der Waals surface area contributed by atoms with Crippen LogP contribution in [0.3, 0.4) is 0 Å². The molecule has 0 unspecified atom stereocenters. The molecule has 2 heteroatoms. The van der Waals surface area contributed by atoms with Crippen LogP contribution in [0, 0.1) is 6.92 Å². The standard InChI is InChI=1S/C9H10O2/c1-7-4-2-3-5-8(7)6-9(10)11/h2-5H,6H2,1H3,(H,10,11)/p-1. The highest BCUT2D eigenvalue weighted by atomic mass is 16.4. The van der Waals surface area contributed by atoms with Gasteiger partial charge in [0.05, 0.1) is 0 Å². The Kier molecular flexibility index (Phi) is 2.26. The number of benzene rings is 1. The SMILES string of the molecule is Cc1ccccc1CC(=O)[O-]. The fourth-order valence-electron chi connectivity index (χ4n) is 0.964. The van der Waals surface area contributed by atoms with Crippen LogP contribution in [0.1, 0.15) is 11.1 Å². The summed E-state index contributed by atoms with van der Waals surface area (Å²) in [6, 6.07) is 7.39. The Morgan fingerprint density at radius 2 is 2.09 bits per heavy atom. The van der Waals surface area contributed by atoms with Crippen LogP contribution < -0.4 is 5.11 Å². The van der Waals surface area contributed by atoms with Crippen molar-refractivity contribution in [1.82, 2.24) is 0 Å². The van der Waals surface area contributed by atoms with E-state index >= 15 is 0 Å². The molecular formula is C9H9O2-. The fourth-order valence-corrected chi connectivity index (χ4v) is 0.964. The second kappa shape index (κ2) is 3.19. The van der Waals surface area contributed by atoms with Crippen molar-refractivity contribution in [3.8, 4) is 0 Å². The summed E-state index contributed by atoms with van der Waals surface area (Å²) in [7, 11) is 0. The van der Waals surface area contributed by atoms with E-state index in [4.69, 9.17) is 0 Å². The van der Waals surface area contributed by atoms with Crippen LogP contribution in [-0.4, -0.2) is 5.97 Å². The highest BCUT2D eigenvalue weighted by Gasteiger charge is 1.95. The van der Waals surface area contributed by atoms with E-state index in [-0.39, 0.29) is 6.42 Å². The molecule has 2 nitrogen and oxygen atoms in total. The molecule has 0 saturated carbocycles. The third kappa shape index (κ3) is 2.08. The predicted molar refractivity (Wildman–Crippen MR) is 39.9 cm³/mol. The molecule has 0 N–H and O–H groups in total. The van der Waals surface area contributed by atoms with Crippen molar-refractivity contribution in [3.63, 3.8) is 0 Å². The maximum atomic E-state index is 10.2. The molecule has 1 rings (SSSR count). The Labute approximate surface area is 65.5 Å². The van der Waals surface area contributed by atoms with Gasteiger partial charge >= 0.3 is 0 Å². The van der Waals surface area contributed by atoms with Crippen LogP contribution in [-0.2, 0) is 11.2 Å². The van der Waals surface area contributed by atoms with Crippen LogP contribution >= 0.6 is 0 Å². The Morgan fingerprint density at radius 3 is 2.64 bits per heavy atom. The molecule has 0 bridgehead atoms. The first-order chi connectivity index (χ1) is 5.20. The van der Waals surface area contributed by atoms with E-state index in [1.165, 1.54) is 0 Å². The van der Waals surface area contributed by atoms with Crippen LogP contribution in [0.4, 0.5) is 0 Å². The van der Waals surface area contributed by atoms with E-state index in [0.717, 1.165) is 11.1 Å². The summed E-state index contributed by atoms with van der Waals surface area (Å²) in [6.07, 6.45) is 0.00662. The highest BCUT2D eigenvalue weighted by Crippen LogP contribution is 2.06. The monoisotopic (exact) mass is 149 g/mol. The molecule has 0 spiro atoms. The Bertz CT molecular complexity index is 266. The molecule has 0 aliphatic rings. The lowest BCUT2D eigenvalue weighted by Crippen LogP contribution is -2.24. The average molecular weight is 149 g/mol. The molecule has 11 heavy (non-hydrogen) atoms. The van der Waals surface area contributed by atoms with Crippen LogP contribution in [0.2, 0.25) is 0 Å². The zero-order valence-electron chi connectivity index (χ0n) is 6.33. The normalized spacial score (nSPS) is 9.55. The first-order valence-corrected chi connectivity index (χ1v) is 3.44. The largest absolute Gasteiger partial charge is 0.550 e. The Hall–Kier alpha value is -1.31. The van der Waals surface area contributed by atoms with Crippen molar-refractivity contribution < 1.29 is 9.90 Å². The third-order valence-corrected chi connectivity index (χ3v) is 1.60. The van der Waals surface area contributed by atoms with Crippen LogP contribution in [0.25, 0.3) is 0 Å². The molecule has 0 aromatic heterocycles. The minimum Gasteiger partial charge on any atom is -0.550 e. The van der Waals surface area contributed by atoms with Gasteiger partial charge in [0.25, 0.3) is 0 Å². The van der Waals surface area contributed by atoms with E-state index < -0.39 is 5.97 Å². The zero-order valence-corrected chi connectivity index (χ0v) is 6.33. The van der Waals surface area contributed by atoms with Gasteiger partial charge < -0.3 is 9.90 Å². The predicted octanol–water partition coefficient (Wildman–Crippen LogP) is 0.287. The number of hydrogen-bond donors (Lipinski definition) is 0. The maximum absolute atomic E-state index is 10.2. The summed E-state index contributed by atoms with van der Waals surface area (Å²) in [5.74, 6) is -1.03. The van der Waals surface area contributed by atoms with E-state index in [1.54, 1.807) is 6.07 Å². The van der Waals surface area contributed by atoms with Gasteiger partial charge in [0.15, 0.2) is 0 Å². The molecule has 1 aromatic carbocycles. The molecule has 0 atom stereocenters. The average Bonchev–Trinajstić information content (AvgIpc) is 1.93. The molecule has 0 aliphatic carbocycles. The van der Waals surface area contributed by atoms with E-state index in [1.807, 2.05) is 25.1 Å². The lowest BCUT2D eigenvalue weighted by molar-refractivity contribution is -0.304. The summed E-state index contributed by atoms with van der Waals surface area (Å²) in [6.45, 7) is 1.89. The Balaban J connectivity index is 2.86. The molecule has 1 aromatic rings. The highest BCUT2D eigenvalue weighted by molar-refractivity contribution is 5.68. The summed E-state index contributed by atoms with van der Waals surface area (Å²) < 4.78 is 0. The van der Waals surface area contributed by atoms with Gasteiger partial charge in [-0.2, -0.15) is 0 Å². The van der Waals surface area contributed by atoms with Gasteiger partial charge in [-0.15, -0.1) is 0 Å². The van der Waals surface area contributed by atoms with Crippen molar-refractivity contribution in [2.24, 2.45) is 0 Å². The molecule has 0 radical (unpaired) electrons. The summed E-state index contributed by atoms with van der Waals surface area (Å²) in [5.41, 5.74) is 1.82. The molecule has 58 valence electrons. The summed E-state index contributed by atoms with van der Waals surface area (Å²) >= 11 is 0. The molecule has 0 heterocycles. The fraction of sp³-hybridized carbons (Fsp3) is 0.222. The van der Waals surface area contributed by atoms with Gasteiger partial charge in [0, 0.05) is 12.4 Å². The topological polar surface area (TPSA) is 40.1 Å².